The Bertz CT molecular complexity index is 986. The van der Waals surface area contributed by atoms with Crippen LogP contribution in [0.1, 0.15) is 42.8 Å². The number of amides is 1. The highest BCUT2D eigenvalue weighted by molar-refractivity contribution is 5.79. The third-order valence-corrected chi connectivity index (χ3v) is 5.64. The number of aryl methyl sites for hydroxylation is 1. The molecule has 2 heterocycles. The second kappa shape index (κ2) is 9.22. The van der Waals surface area contributed by atoms with Gasteiger partial charge in [0.05, 0.1) is 18.5 Å². The van der Waals surface area contributed by atoms with E-state index < -0.39 is 0 Å². The lowest BCUT2D eigenvalue weighted by Crippen LogP contribution is -2.43. The van der Waals surface area contributed by atoms with Crippen LogP contribution in [0.4, 0.5) is 0 Å². The zero-order chi connectivity index (χ0) is 20.9. The Hall–Kier alpha value is -2.99. The standard InChI is InChI=1S/C24H28N4O2/c1-17-8-6-11-20(14-17)23-26-22(30-27-23)16-28-13-7-12-21(15-28)24(29)25-18(2)19-9-4-3-5-10-19/h3-6,8-11,14,18,21H,7,12-13,15-16H2,1-2H3,(H,25,29). The van der Waals surface area contributed by atoms with Crippen LogP contribution in [-0.4, -0.2) is 34.0 Å². The summed E-state index contributed by atoms with van der Waals surface area (Å²) in [5.74, 6) is 1.29. The Morgan fingerprint density at radius 1 is 1.23 bits per heavy atom. The Morgan fingerprint density at radius 3 is 2.87 bits per heavy atom. The maximum atomic E-state index is 12.8. The largest absolute Gasteiger partial charge is 0.349 e. The van der Waals surface area contributed by atoms with Crippen molar-refractivity contribution in [2.45, 2.75) is 39.3 Å². The van der Waals surface area contributed by atoms with Crippen molar-refractivity contribution >= 4 is 5.91 Å². The van der Waals surface area contributed by atoms with Crippen molar-refractivity contribution in [1.82, 2.24) is 20.4 Å². The summed E-state index contributed by atoms with van der Waals surface area (Å²) >= 11 is 0. The van der Waals surface area contributed by atoms with Crippen LogP contribution in [0.2, 0.25) is 0 Å². The number of carbonyl (C=O) groups is 1. The highest BCUT2D eigenvalue weighted by Gasteiger charge is 2.27. The van der Waals surface area contributed by atoms with Gasteiger partial charge >= 0.3 is 0 Å². The summed E-state index contributed by atoms with van der Waals surface area (Å²) in [7, 11) is 0. The van der Waals surface area contributed by atoms with Gasteiger partial charge in [0.25, 0.3) is 0 Å². The summed E-state index contributed by atoms with van der Waals surface area (Å²) in [5.41, 5.74) is 3.23. The minimum absolute atomic E-state index is 0.00176. The molecular formula is C24H28N4O2. The molecule has 1 fully saturated rings. The molecular weight excluding hydrogens is 376 g/mol. The second-order valence-corrected chi connectivity index (χ2v) is 8.10. The van der Waals surface area contributed by atoms with E-state index in [2.05, 4.69) is 20.4 Å². The molecule has 156 valence electrons. The first kappa shape index (κ1) is 20.3. The zero-order valence-electron chi connectivity index (χ0n) is 17.5. The molecule has 0 saturated carbocycles. The molecule has 2 unspecified atom stereocenters. The average Bonchev–Trinajstić information content (AvgIpc) is 3.23. The molecule has 1 amide bonds. The molecule has 0 spiro atoms. The van der Waals surface area contributed by atoms with Gasteiger partial charge < -0.3 is 9.84 Å². The Kier molecular flexibility index (Phi) is 6.23. The second-order valence-electron chi connectivity index (χ2n) is 8.10. The molecule has 3 aromatic rings. The zero-order valence-corrected chi connectivity index (χ0v) is 17.5. The molecule has 0 radical (unpaired) electrons. The fraction of sp³-hybridized carbons (Fsp3) is 0.375. The fourth-order valence-corrected chi connectivity index (χ4v) is 3.98. The van der Waals surface area contributed by atoms with E-state index in [4.69, 9.17) is 4.52 Å². The van der Waals surface area contributed by atoms with E-state index >= 15 is 0 Å². The lowest BCUT2D eigenvalue weighted by Gasteiger charge is -2.31. The molecule has 0 bridgehead atoms. The van der Waals surface area contributed by atoms with E-state index in [1.54, 1.807) is 0 Å². The van der Waals surface area contributed by atoms with Gasteiger partial charge in [-0.1, -0.05) is 59.3 Å². The van der Waals surface area contributed by atoms with E-state index in [1.165, 1.54) is 0 Å². The van der Waals surface area contributed by atoms with Crippen molar-refractivity contribution in [2.24, 2.45) is 5.92 Å². The van der Waals surface area contributed by atoms with Gasteiger partial charge in [-0.05, 0) is 44.9 Å². The summed E-state index contributed by atoms with van der Waals surface area (Å²) in [6.45, 7) is 6.27. The summed E-state index contributed by atoms with van der Waals surface area (Å²) in [4.78, 5) is 19.6. The van der Waals surface area contributed by atoms with Gasteiger partial charge in [0.15, 0.2) is 0 Å². The Morgan fingerprint density at radius 2 is 2.07 bits per heavy atom. The van der Waals surface area contributed by atoms with Crippen molar-refractivity contribution in [3.8, 4) is 11.4 Å². The molecule has 1 saturated heterocycles. The Balaban J connectivity index is 1.34. The predicted molar refractivity (Wildman–Crippen MR) is 115 cm³/mol. The topological polar surface area (TPSA) is 71.3 Å². The van der Waals surface area contributed by atoms with Crippen molar-refractivity contribution in [2.75, 3.05) is 13.1 Å². The minimum Gasteiger partial charge on any atom is -0.349 e. The Labute approximate surface area is 177 Å². The van der Waals surface area contributed by atoms with Crippen LogP contribution < -0.4 is 5.32 Å². The number of likely N-dealkylation sites (tertiary alicyclic amines) is 1. The molecule has 2 aromatic carbocycles. The smallest absolute Gasteiger partial charge is 0.241 e. The number of aromatic nitrogens is 2. The van der Waals surface area contributed by atoms with Crippen LogP contribution >= 0.6 is 0 Å². The van der Waals surface area contributed by atoms with Gasteiger partial charge in [-0.25, -0.2) is 0 Å². The number of nitrogens with one attached hydrogen (secondary N) is 1. The molecule has 2 atom stereocenters. The highest BCUT2D eigenvalue weighted by atomic mass is 16.5. The van der Waals surface area contributed by atoms with Crippen LogP contribution in [-0.2, 0) is 11.3 Å². The number of nitrogens with zero attached hydrogens (tertiary/aromatic N) is 3. The number of piperidine rings is 1. The van der Waals surface area contributed by atoms with E-state index in [0.29, 0.717) is 24.8 Å². The molecule has 1 aliphatic rings. The molecule has 6 heteroatoms. The van der Waals surface area contributed by atoms with Crippen LogP contribution in [0.3, 0.4) is 0 Å². The molecule has 1 aliphatic heterocycles. The van der Waals surface area contributed by atoms with Gasteiger partial charge in [-0.2, -0.15) is 4.98 Å². The minimum atomic E-state index is -0.0240. The molecule has 0 aliphatic carbocycles. The predicted octanol–water partition coefficient (Wildman–Crippen LogP) is 4.13. The van der Waals surface area contributed by atoms with Crippen LogP contribution in [0.15, 0.2) is 59.1 Å². The number of benzene rings is 2. The number of carbonyl (C=O) groups excluding carboxylic acids is 1. The molecule has 6 nitrogen and oxygen atoms in total. The van der Waals surface area contributed by atoms with Gasteiger partial charge in [-0.15, -0.1) is 0 Å². The summed E-state index contributed by atoms with van der Waals surface area (Å²) in [6, 6.07) is 18.1. The summed E-state index contributed by atoms with van der Waals surface area (Å²) in [5, 5.41) is 7.29. The van der Waals surface area contributed by atoms with Gasteiger partial charge in [-0.3, -0.25) is 9.69 Å². The SMILES string of the molecule is Cc1cccc(-c2noc(CN3CCCC(C(=O)NC(C)c4ccccc4)C3)n2)c1. The van der Waals surface area contributed by atoms with Gasteiger partial charge in [0.2, 0.25) is 17.6 Å². The third kappa shape index (κ3) is 4.94. The number of hydrogen-bond acceptors (Lipinski definition) is 5. The van der Waals surface area contributed by atoms with Crippen molar-refractivity contribution < 1.29 is 9.32 Å². The maximum absolute atomic E-state index is 12.8. The quantitative estimate of drug-likeness (QED) is 0.669. The first-order valence-corrected chi connectivity index (χ1v) is 10.6. The number of rotatable bonds is 6. The highest BCUT2D eigenvalue weighted by Crippen LogP contribution is 2.22. The van der Waals surface area contributed by atoms with E-state index in [9.17, 15) is 4.79 Å². The van der Waals surface area contributed by atoms with Gasteiger partial charge in [0.1, 0.15) is 0 Å². The molecule has 1 N–H and O–H groups in total. The first-order chi connectivity index (χ1) is 14.6. The van der Waals surface area contributed by atoms with E-state index in [1.807, 2.05) is 68.4 Å². The van der Waals surface area contributed by atoms with Crippen LogP contribution in [0.25, 0.3) is 11.4 Å². The van der Waals surface area contributed by atoms with Crippen molar-refractivity contribution in [3.05, 3.63) is 71.6 Å². The van der Waals surface area contributed by atoms with Crippen molar-refractivity contribution in [1.29, 1.82) is 0 Å². The summed E-state index contributed by atoms with van der Waals surface area (Å²) < 4.78 is 5.48. The van der Waals surface area contributed by atoms with Crippen LogP contribution in [0.5, 0.6) is 0 Å². The summed E-state index contributed by atoms with van der Waals surface area (Å²) in [6.07, 6.45) is 1.89. The fourth-order valence-electron chi connectivity index (χ4n) is 3.98. The molecule has 1 aromatic heterocycles. The molecule has 4 rings (SSSR count). The average molecular weight is 405 g/mol. The van der Waals surface area contributed by atoms with Crippen molar-refractivity contribution in [3.63, 3.8) is 0 Å². The first-order valence-electron chi connectivity index (χ1n) is 10.6. The lowest BCUT2D eigenvalue weighted by atomic mass is 9.96. The van der Waals surface area contributed by atoms with E-state index in [0.717, 1.165) is 36.1 Å². The lowest BCUT2D eigenvalue weighted by molar-refractivity contribution is -0.127. The van der Waals surface area contributed by atoms with E-state index in [-0.39, 0.29) is 17.9 Å². The molecule has 30 heavy (non-hydrogen) atoms. The third-order valence-electron chi connectivity index (χ3n) is 5.64. The monoisotopic (exact) mass is 404 g/mol. The normalized spacial score (nSPS) is 18.1. The number of hydrogen-bond donors (Lipinski definition) is 1. The van der Waals surface area contributed by atoms with Crippen LogP contribution in [0, 0.1) is 12.8 Å². The maximum Gasteiger partial charge on any atom is 0.241 e. The van der Waals surface area contributed by atoms with Gasteiger partial charge in [0, 0.05) is 12.1 Å².